The molecule has 5 nitrogen and oxygen atoms in total. The van der Waals surface area contributed by atoms with E-state index in [1.807, 2.05) is 12.4 Å². The quantitative estimate of drug-likeness (QED) is 0.778. The van der Waals surface area contributed by atoms with Crippen molar-refractivity contribution in [3.63, 3.8) is 0 Å². The molecule has 2 fully saturated rings. The third kappa shape index (κ3) is 5.14. The minimum absolute atomic E-state index is 0.0346. The van der Waals surface area contributed by atoms with Gasteiger partial charge in [-0.15, -0.1) is 0 Å². The molecule has 0 radical (unpaired) electrons. The number of amides is 1. The monoisotopic (exact) mass is 392 g/mol. The van der Waals surface area contributed by atoms with Crippen LogP contribution in [0.2, 0.25) is 0 Å². The van der Waals surface area contributed by atoms with Gasteiger partial charge in [-0.3, -0.25) is 4.79 Å². The fourth-order valence-corrected chi connectivity index (χ4v) is 4.50. The van der Waals surface area contributed by atoms with Crippen molar-refractivity contribution in [1.82, 2.24) is 15.3 Å². The number of aryl methyl sites for hydroxylation is 1. The number of hydrogen-bond donors (Lipinski definition) is 1. The predicted octanol–water partition coefficient (Wildman–Crippen LogP) is 4.51. The smallest absolute Gasteiger partial charge is 0.225 e. The van der Waals surface area contributed by atoms with E-state index in [0.29, 0.717) is 12.6 Å². The van der Waals surface area contributed by atoms with E-state index < -0.39 is 0 Å². The lowest BCUT2D eigenvalue weighted by Crippen LogP contribution is -2.46. The lowest BCUT2D eigenvalue weighted by atomic mass is 9.96. The summed E-state index contributed by atoms with van der Waals surface area (Å²) in [4.78, 5) is 24.2. The Morgan fingerprint density at radius 2 is 1.62 bits per heavy atom. The van der Waals surface area contributed by atoms with Gasteiger partial charge in [-0.25, -0.2) is 9.97 Å². The largest absolute Gasteiger partial charge is 0.353 e. The molecule has 1 aromatic carbocycles. The van der Waals surface area contributed by atoms with E-state index in [1.165, 1.54) is 31.2 Å². The summed E-state index contributed by atoms with van der Waals surface area (Å²) < 4.78 is 0. The summed E-state index contributed by atoms with van der Waals surface area (Å²) in [5.41, 5.74) is 3.39. The van der Waals surface area contributed by atoms with E-state index >= 15 is 0 Å². The number of anilines is 1. The van der Waals surface area contributed by atoms with Crippen LogP contribution in [0.3, 0.4) is 0 Å². The average molecular weight is 393 g/mol. The zero-order valence-corrected chi connectivity index (χ0v) is 17.4. The normalized spacial score (nSPS) is 20.9. The second-order valence-corrected chi connectivity index (χ2v) is 8.62. The van der Waals surface area contributed by atoms with E-state index in [9.17, 15) is 4.79 Å². The molecule has 1 N–H and O–H groups in total. The highest BCUT2D eigenvalue weighted by molar-refractivity contribution is 5.79. The van der Waals surface area contributed by atoms with Crippen LogP contribution in [0.4, 0.5) is 5.95 Å². The minimum Gasteiger partial charge on any atom is -0.353 e. The van der Waals surface area contributed by atoms with Gasteiger partial charge in [-0.05, 0) is 38.2 Å². The Bertz CT molecular complexity index is 795. The van der Waals surface area contributed by atoms with E-state index in [1.54, 1.807) is 0 Å². The molecule has 1 saturated carbocycles. The first kappa shape index (κ1) is 19.9. The Morgan fingerprint density at radius 3 is 2.31 bits per heavy atom. The second kappa shape index (κ2) is 9.38. The maximum atomic E-state index is 12.8. The van der Waals surface area contributed by atoms with E-state index in [2.05, 4.69) is 51.4 Å². The standard InChI is InChI=1S/C24H32N4O/c1-18-10-12-19(13-11-18)21-15-25-24(26-16-21)28-14-6-7-20(17-28)23(29)27-22-8-4-2-3-5-9-22/h10-13,15-16,20,22H,2-9,14,17H2,1H3,(H,27,29)/t20-/m1/s1. The van der Waals surface area contributed by atoms with Crippen LogP contribution in [0.15, 0.2) is 36.7 Å². The molecular formula is C24H32N4O. The fourth-order valence-electron chi connectivity index (χ4n) is 4.50. The summed E-state index contributed by atoms with van der Waals surface area (Å²) >= 11 is 0. The first-order valence-corrected chi connectivity index (χ1v) is 11.1. The van der Waals surface area contributed by atoms with Gasteiger partial charge in [0.2, 0.25) is 11.9 Å². The first-order chi connectivity index (χ1) is 14.2. The van der Waals surface area contributed by atoms with Crippen molar-refractivity contribution < 1.29 is 4.79 Å². The number of carbonyl (C=O) groups is 1. The highest BCUT2D eigenvalue weighted by atomic mass is 16.2. The van der Waals surface area contributed by atoms with Crippen molar-refractivity contribution in [1.29, 1.82) is 0 Å². The molecule has 4 rings (SSSR count). The van der Waals surface area contributed by atoms with Gasteiger partial charge in [-0.2, -0.15) is 0 Å². The molecule has 29 heavy (non-hydrogen) atoms. The lowest BCUT2D eigenvalue weighted by Gasteiger charge is -2.33. The summed E-state index contributed by atoms with van der Waals surface area (Å²) in [5, 5.41) is 3.33. The SMILES string of the molecule is Cc1ccc(-c2cnc(N3CCC[C@@H](C(=O)NC4CCCCCC4)C3)nc2)cc1. The number of hydrogen-bond acceptors (Lipinski definition) is 4. The van der Waals surface area contributed by atoms with Gasteiger partial charge in [0, 0.05) is 37.1 Å². The lowest BCUT2D eigenvalue weighted by molar-refractivity contribution is -0.126. The number of nitrogens with zero attached hydrogens (tertiary/aromatic N) is 3. The van der Waals surface area contributed by atoms with Crippen molar-refractivity contribution in [2.75, 3.05) is 18.0 Å². The molecule has 2 heterocycles. The van der Waals surface area contributed by atoms with Gasteiger partial charge in [-0.1, -0.05) is 55.5 Å². The Morgan fingerprint density at radius 1 is 0.931 bits per heavy atom. The topological polar surface area (TPSA) is 58.1 Å². The summed E-state index contributed by atoms with van der Waals surface area (Å²) in [6.45, 7) is 3.71. The van der Waals surface area contributed by atoms with Crippen LogP contribution >= 0.6 is 0 Å². The van der Waals surface area contributed by atoms with Gasteiger partial charge in [0.15, 0.2) is 0 Å². The molecule has 1 aliphatic carbocycles. The molecule has 0 unspecified atom stereocenters. The molecular weight excluding hydrogens is 360 g/mol. The van der Waals surface area contributed by atoms with Crippen LogP contribution < -0.4 is 10.2 Å². The molecule has 1 aromatic heterocycles. The Hall–Kier alpha value is -2.43. The zero-order chi connectivity index (χ0) is 20.1. The van der Waals surface area contributed by atoms with Gasteiger partial charge >= 0.3 is 0 Å². The second-order valence-electron chi connectivity index (χ2n) is 8.62. The number of aromatic nitrogens is 2. The first-order valence-electron chi connectivity index (χ1n) is 11.1. The highest BCUT2D eigenvalue weighted by Crippen LogP contribution is 2.24. The molecule has 2 aromatic rings. The molecule has 154 valence electrons. The summed E-state index contributed by atoms with van der Waals surface area (Å²) in [6.07, 6.45) is 13.1. The Kier molecular flexibility index (Phi) is 6.43. The van der Waals surface area contributed by atoms with Crippen molar-refractivity contribution in [2.24, 2.45) is 5.92 Å². The Labute approximate surface area is 173 Å². The van der Waals surface area contributed by atoms with E-state index in [-0.39, 0.29) is 11.8 Å². The number of benzene rings is 1. The van der Waals surface area contributed by atoms with Crippen molar-refractivity contribution in [3.8, 4) is 11.1 Å². The van der Waals surface area contributed by atoms with Crippen LogP contribution in [0.5, 0.6) is 0 Å². The van der Waals surface area contributed by atoms with Gasteiger partial charge in [0.25, 0.3) is 0 Å². The Balaban J connectivity index is 1.37. The molecule has 2 aliphatic rings. The summed E-state index contributed by atoms with van der Waals surface area (Å²) in [6, 6.07) is 8.77. The van der Waals surface area contributed by atoms with Crippen LogP contribution in [0.25, 0.3) is 11.1 Å². The number of rotatable bonds is 4. The van der Waals surface area contributed by atoms with Crippen LogP contribution in [0, 0.1) is 12.8 Å². The van der Waals surface area contributed by atoms with Crippen molar-refractivity contribution in [3.05, 3.63) is 42.2 Å². The van der Waals surface area contributed by atoms with Crippen LogP contribution in [-0.4, -0.2) is 35.0 Å². The van der Waals surface area contributed by atoms with Crippen molar-refractivity contribution in [2.45, 2.75) is 64.3 Å². The molecule has 1 aliphatic heterocycles. The number of piperidine rings is 1. The highest BCUT2D eigenvalue weighted by Gasteiger charge is 2.28. The zero-order valence-electron chi connectivity index (χ0n) is 17.4. The van der Waals surface area contributed by atoms with Gasteiger partial charge in [0.05, 0.1) is 5.92 Å². The summed E-state index contributed by atoms with van der Waals surface area (Å²) in [5.74, 6) is 0.984. The third-order valence-electron chi connectivity index (χ3n) is 6.30. The maximum Gasteiger partial charge on any atom is 0.225 e. The molecule has 0 spiro atoms. The van der Waals surface area contributed by atoms with E-state index in [4.69, 9.17) is 0 Å². The molecule has 1 amide bonds. The summed E-state index contributed by atoms with van der Waals surface area (Å²) in [7, 11) is 0. The number of nitrogens with one attached hydrogen (secondary N) is 1. The minimum atomic E-state index is 0.0346. The third-order valence-corrected chi connectivity index (χ3v) is 6.30. The number of carbonyl (C=O) groups excluding carboxylic acids is 1. The van der Waals surface area contributed by atoms with E-state index in [0.717, 1.165) is 49.3 Å². The molecule has 0 bridgehead atoms. The van der Waals surface area contributed by atoms with Gasteiger partial charge in [0.1, 0.15) is 0 Å². The van der Waals surface area contributed by atoms with Crippen LogP contribution in [0.1, 0.15) is 56.9 Å². The fraction of sp³-hybridized carbons (Fsp3) is 0.542. The predicted molar refractivity (Wildman–Crippen MR) is 117 cm³/mol. The average Bonchev–Trinajstić information content (AvgIpc) is 3.03. The molecule has 1 saturated heterocycles. The van der Waals surface area contributed by atoms with Crippen molar-refractivity contribution >= 4 is 11.9 Å². The van der Waals surface area contributed by atoms with Gasteiger partial charge < -0.3 is 10.2 Å². The maximum absolute atomic E-state index is 12.8. The molecule has 1 atom stereocenters. The molecule has 5 heteroatoms. The van der Waals surface area contributed by atoms with Crippen LogP contribution in [-0.2, 0) is 4.79 Å².